The lowest BCUT2D eigenvalue weighted by molar-refractivity contribution is 0.893. The van der Waals surface area contributed by atoms with E-state index in [4.69, 9.17) is 15.0 Å². The zero-order chi connectivity index (χ0) is 41.0. The van der Waals surface area contributed by atoms with E-state index < -0.39 is 0 Å². The van der Waals surface area contributed by atoms with Crippen LogP contribution in [0.5, 0.6) is 0 Å². The Balaban J connectivity index is 0.918. The molecule has 0 atom stereocenters. The van der Waals surface area contributed by atoms with Gasteiger partial charge in [-0.1, -0.05) is 194 Å². The molecule has 12 rings (SSSR count). The van der Waals surface area contributed by atoms with Gasteiger partial charge in [-0.3, -0.25) is 9.13 Å². The van der Waals surface area contributed by atoms with Crippen molar-refractivity contribution >= 4 is 43.6 Å². The highest BCUT2D eigenvalue weighted by atomic mass is 15.3. The smallest absolute Gasteiger partial charge is 0.240 e. The fourth-order valence-corrected chi connectivity index (χ4v) is 8.99. The van der Waals surface area contributed by atoms with Crippen LogP contribution in [0.1, 0.15) is 0 Å². The third-order valence-electron chi connectivity index (χ3n) is 12.1. The summed E-state index contributed by atoms with van der Waals surface area (Å²) < 4.78 is 4.34. The largest absolute Gasteiger partial charge is 0.278 e. The molecule has 0 N–H and O–H groups in total. The fourth-order valence-electron chi connectivity index (χ4n) is 8.99. The molecule has 0 saturated heterocycles. The van der Waals surface area contributed by atoms with Gasteiger partial charge in [0.15, 0.2) is 5.82 Å². The van der Waals surface area contributed by atoms with Crippen molar-refractivity contribution in [2.45, 2.75) is 0 Å². The summed E-state index contributed by atoms with van der Waals surface area (Å²) in [5.41, 5.74) is 14.5. The molecule has 0 aliphatic rings. The first-order valence-corrected chi connectivity index (χ1v) is 20.9. The molecule has 3 heterocycles. The van der Waals surface area contributed by atoms with E-state index in [1.165, 1.54) is 33.4 Å². The zero-order valence-electron chi connectivity index (χ0n) is 33.6. The number of nitrogens with zero attached hydrogens (tertiary/aromatic N) is 5. The minimum atomic E-state index is 0.566. The van der Waals surface area contributed by atoms with Crippen LogP contribution in [0.15, 0.2) is 224 Å². The maximum atomic E-state index is 5.29. The van der Waals surface area contributed by atoms with E-state index in [9.17, 15) is 0 Å². The average molecular weight is 792 g/mol. The monoisotopic (exact) mass is 791 g/mol. The molecular weight excluding hydrogens is 755 g/mol. The summed E-state index contributed by atoms with van der Waals surface area (Å²) >= 11 is 0. The highest BCUT2D eigenvalue weighted by Crippen LogP contribution is 2.36. The molecule has 9 aromatic carbocycles. The van der Waals surface area contributed by atoms with Gasteiger partial charge in [-0.2, -0.15) is 15.0 Å². The molecule has 0 bridgehead atoms. The lowest BCUT2D eigenvalue weighted by Crippen LogP contribution is -2.10. The van der Waals surface area contributed by atoms with Crippen LogP contribution in [-0.2, 0) is 0 Å². The summed E-state index contributed by atoms with van der Waals surface area (Å²) in [6.07, 6.45) is 0. The molecule has 12 aromatic rings. The first-order valence-electron chi connectivity index (χ1n) is 20.9. The standard InChI is InChI=1S/C57H37N5/c1-2-13-38(14-3-1)39-25-27-40(28-26-39)41-29-31-42(32-30-41)45-15-12-16-46(37-45)43-33-35-44(36-34-43)55-58-56(61-51-21-8-4-17-47(51)48-18-5-9-22-52(48)61)60-57(59-55)62-53-23-10-6-19-49(53)50-20-7-11-24-54(50)62/h1-37H. The van der Waals surface area contributed by atoms with Crippen molar-refractivity contribution in [1.29, 1.82) is 0 Å². The predicted octanol–water partition coefficient (Wildman–Crippen LogP) is 14.4. The fraction of sp³-hybridized carbons (Fsp3) is 0. The Bertz CT molecular complexity index is 3360. The second kappa shape index (κ2) is 14.7. The van der Waals surface area contributed by atoms with Crippen LogP contribution < -0.4 is 0 Å². The molecule has 3 aromatic heterocycles. The van der Waals surface area contributed by atoms with E-state index in [1.807, 2.05) is 0 Å². The van der Waals surface area contributed by atoms with Crippen molar-refractivity contribution in [2.24, 2.45) is 0 Å². The molecule has 0 aliphatic heterocycles. The molecular formula is C57H37N5. The molecule has 0 spiro atoms. The lowest BCUT2D eigenvalue weighted by atomic mass is 9.96. The quantitative estimate of drug-likeness (QED) is 0.162. The van der Waals surface area contributed by atoms with Crippen LogP contribution in [0.3, 0.4) is 0 Å². The van der Waals surface area contributed by atoms with Gasteiger partial charge >= 0.3 is 0 Å². The first-order chi connectivity index (χ1) is 30.7. The van der Waals surface area contributed by atoms with Gasteiger partial charge in [0.2, 0.25) is 11.9 Å². The summed E-state index contributed by atoms with van der Waals surface area (Å²) in [6.45, 7) is 0. The molecule has 0 fully saturated rings. The van der Waals surface area contributed by atoms with Gasteiger partial charge in [0.05, 0.1) is 22.1 Å². The Morgan fingerprint density at radius 3 is 0.903 bits per heavy atom. The van der Waals surface area contributed by atoms with E-state index in [0.29, 0.717) is 17.7 Å². The van der Waals surface area contributed by atoms with E-state index >= 15 is 0 Å². The molecule has 290 valence electrons. The lowest BCUT2D eigenvalue weighted by Gasteiger charge is -2.13. The molecule has 0 radical (unpaired) electrons. The molecule has 5 heteroatoms. The maximum Gasteiger partial charge on any atom is 0.240 e. The first kappa shape index (κ1) is 35.5. The SMILES string of the molecule is c1ccc(-c2ccc(-c3ccc(-c4cccc(-c5ccc(-c6nc(-n7c8ccccc8c8ccccc87)nc(-n7c8ccccc8c8ccccc87)n6)cc5)c4)cc3)cc2)cc1. The van der Waals surface area contributed by atoms with Crippen LogP contribution in [0.2, 0.25) is 0 Å². The molecule has 0 aliphatic carbocycles. The Labute approximate surface area is 358 Å². The van der Waals surface area contributed by atoms with Gasteiger partial charge in [-0.25, -0.2) is 0 Å². The highest BCUT2D eigenvalue weighted by Gasteiger charge is 2.20. The number of benzene rings is 9. The molecule has 5 nitrogen and oxygen atoms in total. The summed E-state index contributed by atoms with van der Waals surface area (Å²) in [5, 5.41) is 4.61. The van der Waals surface area contributed by atoms with Crippen LogP contribution in [0, 0.1) is 0 Å². The van der Waals surface area contributed by atoms with Crippen molar-refractivity contribution in [1.82, 2.24) is 24.1 Å². The second-order valence-corrected chi connectivity index (χ2v) is 15.7. The van der Waals surface area contributed by atoms with Gasteiger partial charge < -0.3 is 0 Å². The maximum absolute atomic E-state index is 5.29. The predicted molar refractivity (Wildman–Crippen MR) is 256 cm³/mol. The summed E-state index contributed by atoms with van der Waals surface area (Å²) in [4.78, 5) is 15.8. The Kier molecular flexibility index (Phi) is 8.42. The van der Waals surface area contributed by atoms with Gasteiger partial charge in [0.25, 0.3) is 0 Å². The van der Waals surface area contributed by atoms with Crippen LogP contribution in [0.25, 0.3) is 111 Å². The van der Waals surface area contributed by atoms with Crippen LogP contribution in [-0.4, -0.2) is 24.1 Å². The van der Waals surface area contributed by atoms with E-state index in [2.05, 4.69) is 234 Å². The van der Waals surface area contributed by atoms with E-state index in [1.54, 1.807) is 0 Å². The number of hydrogen-bond acceptors (Lipinski definition) is 3. The van der Waals surface area contributed by atoms with Crippen LogP contribution in [0.4, 0.5) is 0 Å². The Morgan fingerprint density at radius 1 is 0.226 bits per heavy atom. The molecule has 0 saturated carbocycles. The van der Waals surface area contributed by atoms with Gasteiger partial charge in [-0.15, -0.1) is 0 Å². The number of aromatic nitrogens is 5. The molecule has 0 unspecified atom stereocenters. The van der Waals surface area contributed by atoms with Crippen LogP contribution >= 0.6 is 0 Å². The van der Waals surface area contributed by atoms with Crippen molar-refractivity contribution in [3.8, 4) is 67.8 Å². The van der Waals surface area contributed by atoms with Crippen molar-refractivity contribution in [3.63, 3.8) is 0 Å². The summed E-state index contributed by atoms with van der Waals surface area (Å²) in [6, 6.07) is 79.4. The summed E-state index contributed by atoms with van der Waals surface area (Å²) in [7, 11) is 0. The van der Waals surface area contributed by atoms with Gasteiger partial charge in [0.1, 0.15) is 0 Å². The molecule has 62 heavy (non-hydrogen) atoms. The minimum absolute atomic E-state index is 0.566. The van der Waals surface area contributed by atoms with E-state index in [-0.39, 0.29) is 0 Å². The van der Waals surface area contributed by atoms with Gasteiger partial charge in [-0.05, 0) is 74.8 Å². The van der Waals surface area contributed by atoms with Crippen molar-refractivity contribution < 1.29 is 0 Å². The number of rotatable bonds is 7. The number of para-hydroxylation sites is 4. The van der Waals surface area contributed by atoms with Gasteiger partial charge in [0, 0.05) is 27.1 Å². The normalized spacial score (nSPS) is 11.5. The number of hydrogen-bond donors (Lipinski definition) is 0. The van der Waals surface area contributed by atoms with Crippen molar-refractivity contribution in [3.05, 3.63) is 224 Å². The van der Waals surface area contributed by atoms with E-state index in [0.717, 1.165) is 60.3 Å². The average Bonchev–Trinajstić information content (AvgIpc) is 3.88. The topological polar surface area (TPSA) is 48.5 Å². The minimum Gasteiger partial charge on any atom is -0.278 e. The third-order valence-corrected chi connectivity index (χ3v) is 12.1. The Hall–Kier alpha value is -8.41. The molecule has 0 amide bonds. The third kappa shape index (κ3) is 6.06. The summed E-state index contributed by atoms with van der Waals surface area (Å²) in [5.74, 6) is 1.73. The zero-order valence-corrected chi connectivity index (χ0v) is 33.6. The number of fused-ring (bicyclic) bond motifs is 6. The highest BCUT2D eigenvalue weighted by molar-refractivity contribution is 6.10. The Morgan fingerprint density at radius 2 is 0.516 bits per heavy atom. The van der Waals surface area contributed by atoms with Crippen molar-refractivity contribution in [2.75, 3.05) is 0 Å². The second-order valence-electron chi connectivity index (χ2n) is 15.7.